The molecule has 0 aliphatic carbocycles. The average Bonchev–Trinajstić information content (AvgIpc) is 3.21. The Morgan fingerprint density at radius 2 is 2.00 bits per heavy atom. The summed E-state index contributed by atoms with van der Waals surface area (Å²) in [6, 6.07) is 14.3. The van der Waals surface area contributed by atoms with E-state index < -0.39 is 0 Å². The number of fused-ring (bicyclic) bond motifs is 2. The summed E-state index contributed by atoms with van der Waals surface area (Å²) in [6.07, 6.45) is 4.57. The Balaban J connectivity index is 1.85. The lowest BCUT2D eigenvalue weighted by molar-refractivity contribution is 0.657. The molecule has 4 aromatic rings. The zero-order valence-electron chi connectivity index (χ0n) is 14.4. The summed E-state index contributed by atoms with van der Waals surface area (Å²) < 4.78 is 2.04. The van der Waals surface area contributed by atoms with Crippen molar-refractivity contribution in [3.63, 3.8) is 0 Å². The summed E-state index contributed by atoms with van der Waals surface area (Å²) in [5, 5.41) is 5.94. The normalized spacial score (nSPS) is 16.1. The lowest BCUT2D eigenvalue weighted by Gasteiger charge is -2.11. The molecule has 0 bridgehead atoms. The highest BCUT2D eigenvalue weighted by atomic mass is 35.5. The van der Waals surface area contributed by atoms with Crippen molar-refractivity contribution < 1.29 is 0 Å². The lowest BCUT2D eigenvalue weighted by Crippen LogP contribution is -2.01. The summed E-state index contributed by atoms with van der Waals surface area (Å²) >= 11 is 6.68. The van der Waals surface area contributed by atoms with Crippen LogP contribution in [0.4, 0.5) is 0 Å². The number of alkyl halides is 1. The van der Waals surface area contributed by atoms with Crippen LogP contribution in [0.3, 0.4) is 0 Å². The first-order chi connectivity index (χ1) is 12.7. The zero-order chi connectivity index (χ0) is 17.7. The van der Waals surface area contributed by atoms with Crippen molar-refractivity contribution in [1.29, 1.82) is 0 Å². The Kier molecular flexibility index (Phi) is 3.57. The molecule has 0 saturated carbocycles. The molecule has 0 spiro atoms. The number of hydrogen-bond donors (Lipinski definition) is 0. The molecule has 1 aromatic carbocycles. The topological polar surface area (TPSA) is 43.6 Å². The number of halogens is 1. The van der Waals surface area contributed by atoms with Crippen LogP contribution >= 0.6 is 11.6 Å². The summed E-state index contributed by atoms with van der Waals surface area (Å²) in [4.78, 5) is 9.08. The van der Waals surface area contributed by atoms with Crippen LogP contribution in [0, 0.1) is 0 Å². The standard InChI is InChI=1S/C20H16BClN4/c21-12-4-5-13-14(6-9-24-17(13)11-12)18-19(16-3-1-2-8-23-16)25-26-10-7-15(22)20(18)26/h1-6,8-9,11,15H,7,10,21H2. The van der Waals surface area contributed by atoms with Gasteiger partial charge in [-0.2, -0.15) is 5.10 Å². The van der Waals surface area contributed by atoms with Gasteiger partial charge in [-0.1, -0.05) is 23.7 Å². The highest BCUT2D eigenvalue weighted by Crippen LogP contribution is 2.44. The molecule has 0 fully saturated rings. The van der Waals surface area contributed by atoms with Crippen LogP contribution in [-0.4, -0.2) is 27.6 Å². The van der Waals surface area contributed by atoms with Crippen molar-refractivity contribution in [2.24, 2.45) is 0 Å². The molecule has 4 heterocycles. The number of pyridine rings is 2. The molecule has 3 aromatic heterocycles. The minimum atomic E-state index is -0.0383. The van der Waals surface area contributed by atoms with Gasteiger partial charge in [0.1, 0.15) is 13.5 Å². The van der Waals surface area contributed by atoms with E-state index in [1.54, 1.807) is 6.20 Å². The Morgan fingerprint density at radius 3 is 2.85 bits per heavy atom. The van der Waals surface area contributed by atoms with Crippen LogP contribution in [0.2, 0.25) is 0 Å². The molecule has 0 amide bonds. The molecule has 4 nitrogen and oxygen atoms in total. The Morgan fingerprint density at radius 1 is 1.08 bits per heavy atom. The van der Waals surface area contributed by atoms with Crippen molar-refractivity contribution in [1.82, 2.24) is 19.7 Å². The Hall–Kier alpha value is -2.66. The van der Waals surface area contributed by atoms with Gasteiger partial charge in [0.25, 0.3) is 0 Å². The van der Waals surface area contributed by atoms with E-state index in [0.717, 1.165) is 52.1 Å². The lowest BCUT2D eigenvalue weighted by atomic mass is 9.91. The third-order valence-electron chi connectivity index (χ3n) is 4.96. The molecular formula is C20H16BClN4. The van der Waals surface area contributed by atoms with E-state index in [2.05, 4.69) is 42.1 Å². The fourth-order valence-corrected chi connectivity index (χ4v) is 4.08. The molecule has 1 aliphatic heterocycles. The van der Waals surface area contributed by atoms with Gasteiger partial charge in [-0.05, 0) is 36.2 Å². The molecule has 0 saturated heterocycles. The van der Waals surface area contributed by atoms with Gasteiger partial charge < -0.3 is 0 Å². The van der Waals surface area contributed by atoms with Crippen molar-refractivity contribution in [3.8, 4) is 22.5 Å². The van der Waals surface area contributed by atoms with Crippen molar-refractivity contribution in [3.05, 3.63) is 60.6 Å². The van der Waals surface area contributed by atoms with Crippen LogP contribution in [-0.2, 0) is 6.54 Å². The van der Waals surface area contributed by atoms with Crippen LogP contribution in [0.1, 0.15) is 17.5 Å². The first-order valence-corrected chi connectivity index (χ1v) is 9.18. The van der Waals surface area contributed by atoms with Crippen LogP contribution in [0.5, 0.6) is 0 Å². The number of nitrogens with zero attached hydrogens (tertiary/aromatic N) is 4. The second kappa shape index (κ2) is 5.96. The van der Waals surface area contributed by atoms with Crippen LogP contribution in [0.25, 0.3) is 33.4 Å². The zero-order valence-corrected chi connectivity index (χ0v) is 15.1. The smallest absolute Gasteiger partial charge is 0.139 e. The first-order valence-electron chi connectivity index (χ1n) is 8.74. The molecule has 0 N–H and O–H groups in total. The number of aryl methyl sites for hydroxylation is 1. The number of hydrogen-bond acceptors (Lipinski definition) is 3. The Labute approximate surface area is 157 Å². The molecular weight excluding hydrogens is 343 g/mol. The highest BCUT2D eigenvalue weighted by molar-refractivity contribution is 6.33. The van der Waals surface area contributed by atoms with Gasteiger partial charge in [0.2, 0.25) is 0 Å². The quantitative estimate of drug-likeness (QED) is 0.408. The van der Waals surface area contributed by atoms with Gasteiger partial charge in [-0.25, -0.2) is 0 Å². The maximum Gasteiger partial charge on any atom is 0.139 e. The van der Waals surface area contributed by atoms with Crippen molar-refractivity contribution >= 4 is 35.8 Å². The van der Waals surface area contributed by atoms with Crippen LogP contribution in [0.15, 0.2) is 54.9 Å². The molecule has 1 aliphatic rings. The summed E-state index contributed by atoms with van der Waals surface area (Å²) in [7, 11) is 2.08. The van der Waals surface area contributed by atoms with Gasteiger partial charge in [-0.3, -0.25) is 14.6 Å². The molecule has 5 rings (SSSR count). The third-order valence-corrected chi connectivity index (χ3v) is 5.38. The summed E-state index contributed by atoms with van der Waals surface area (Å²) in [5.41, 5.74) is 7.22. The van der Waals surface area contributed by atoms with E-state index in [1.807, 2.05) is 29.1 Å². The molecule has 1 atom stereocenters. The van der Waals surface area contributed by atoms with Gasteiger partial charge in [0.05, 0.1) is 22.3 Å². The van der Waals surface area contributed by atoms with Crippen molar-refractivity contribution in [2.45, 2.75) is 18.3 Å². The SMILES string of the molecule is Bc1ccc2c(-c3c(-c4ccccn4)nn4c3C(Cl)CC4)ccnc2c1. The number of benzene rings is 1. The molecule has 0 radical (unpaired) electrons. The predicted molar refractivity (Wildman–Crippen MR) is 108 cm³/mol. The van der Waals surface area contributed by atoms with E-state index >= 15 is 0 Å². The number of aromatic nitrogens is 4. The fourth-order valence-electron chi connectivity index (χ4n) is 3.76. The van der Waals surface area contributed by atoms with Gasteiger partial charge in [-0.15, -0.1) is 11.6 Å². The summed E-state index contributed by atoms with van der Waals surface area (Å²) in [5.74, 6) is 0. The van der Waals surface area contributed by atoms with Gasteiger partial charge in [0, 0.05) is 29.9 Å². The monoisotopic (exact) mass is 358 g/mol. The molecule has 126 valence electrons. The molecule has 1 unspecified atom stereocenters. The van der Waals surface area contributed by atoms with E-state index in [9.17, 15) is 0 Å². The fraction of sp³-hybridized carbons (Fsp3) is 0.150. The minimum Gasteiger partial charge on any atom is -0.267 e. The van der Waals surface area contributed by atoms with Crippen LogP contribution < -0.4 is 5.46 Å². The average molecular weight is 359 g/mol. The second-order valence-corrected chi connectivity index (χ2v) is 7.21. The highest BCUT2D eigenvalue weighted by Gasteiger charge is 2.31. The van der Waals surface area contributed by atoms with E-state index in [-0.39, 0.29) is 5.38 Å². The maximum absolute atomic E-state index is 6.68. The predicted octanol–water partition coefficient (Wildman–Crippen LogP) is 3.10. The largest absolute Gasteiger partial charge is 0.267 e. The van der Waals surface area contributed by atoms with E-state index in [0.29, 0.717) is 0 Å². The van der Waals surface area contributed by atoms with Gasteiger partial charge >= 0.3 is 0 Å². The maximum atomic E-state index is 6.68. The molecule has 6 heteroatoms. The van der Waals surface area contributed by atoms with E-state index in [1.165, 1.54) is 5.46 Å². The number of rotatable bonds is 2. The first kappa shape index (κ1) is 15.6. The Bertz CT molecular complexity index is 1120. The van der Waals surface area contributed by atoms with Gasteiger partial charge in [0.15, 0.2) is 0 Å². The third kappa shape index (κ3) is 2.35. The second-order valence-electron chi connectivity index (χ2n) is 6.68. The summed E-state index contributed by atoms with van der Waals surface area (Å²) in [6.45, 7) is 0.839. The van der Waals surface area contributed by atoms with E-state index in [4.69, 9.17) is 16.7 Å². The van der Waals surface area contributed by atoms with Crippen molar-refractivity contribution in [2.75, 3.05) is 0 Å². The minimum absolute atomic E-state index is 0.0383. The molecule has 26 heavy (non-hydrogen) atoms.